The largest absolute Gasteiger partial charge is 0.396 e. The molecule has 0 aromatic heterocycles. The van der Waals surface area contributed by atoms with Gasteiger partial charge in [-0.25, -0.2) is 0 Å². The molecule has 0 saturated heterocycles. The van der Waals surface area contributed by atoms with E-state index in [1.165, 1.54) is 5.56 Å². The lowest BCUT2D eigenvalue weighted by Gasteiger charge is -2.11. The molecule has 0 aliphatic rings. The fourth-order valence-corrected chi connectivity index (χ4v) is 1.68. The second kappa shape index (κ2) is 5.89. The van der Waals surface area contributed by atoms with Crippen LogP contribution in [0, 0.1) is 5.92 Å². The number of aliphatic hydroxyl groups excluding tert-OH is 1. The molecule has 0 amide bonds. The smallest absolute Gasteiger partial charge is 0.0449 e. The van der Waals surface area contributed by atoms with E-state index in [-0.39, 0.29) is 12.6 Å². The Kier molecular flexibility index (Phi) is 4.79. The third kappa shape index (κ3) is 4.02. The Bertz CT molecular complexity index is 279. The van der Waals surface area contributed by atoms with Gasteiger partial charge < -0.3 is 10.8 Å². The van der Waals surface area contributed by atoms with Crippen LogP contribution in [0.4, 0.5) is 0 Å². The van der Waals surface area contributed by atoms with Gasteiger partial charge in [0.2, 0.25) is 0 Å². The number of aliphatic hydroxyl groups is 1. The number of hydrogen-bond acceptors (Lipinski definition) is 2. The zero-order chi connectivity index (χ0) is 11.3. The molecular formula is C13H21NO. The van der Waals surface area contributed by atoms with Crippen LogP contribution in [0.3, 0.4) is 0 Å². The summed E-state index contributed by atoms with van der Waals surface area (Å²) in [5.41, 5.74) is 8.36. The van der Waals surface area contributed by atoms with Gasteiger partial charge in [0.15, 0.2) is 0 Å². The summed E-state index contributed by atoms with van der Waals surface area (Å²) in [6, 6.07) is 8.36. The van der Waals surface area contributed by atoms with Gasteiger partial charge in [-0.05, 0) is 29.9 Å². The van der Waals surface area contributed by atoms with Gasteiger partial charge in [0.05, 0.1) is 0 Å². The van der Waals surface area contributed by atoms with Gasteiger partial charge >= 0.3 is 0 Å². The van der Waals surface area contributed by atoms with Gasteiger partial charge in [0.1, 0.15) is 0 Å². The van der Waals surface area contributed by atoms with Crippen molar-refractivity contribution in [1.82, 2.24) is 0 Å². The summed E-state index contributed by atoms with van der Waals surface area (Å²) in [6.45, 7) is 4.58. The normalized spacial score (nSPS) is 13.1. The molecule has 84 valence electrons. The van der Waals surface area contributed by atoms with Crippen molar-refractivity contribution in [2.45, 2.75) is 32.7 Å². The molecule has 0 aliphatic heterocycles. The van der Waals surface area contributed by atoms with E-state index in [0.717, 1.165) is 12.0 Å². The number of benzene rings is 1. The molecule has 0 radical (unpaired) electrons. The highest BCUT2D eigenvalue weighted by Crippen LogP contribution is 2.16. The SMILES string of the molecule is CC(C)Cc1ccc([C@H](N)CCO)cc1. The van der Waals surface area contributed by atoms with Gasteiger partial charge in [-0.3, -0.25) is 0 Å². The van der Waals surface area contributed by atoms with Crippen molar-refractivity contribution in [2.75, 3.05) is 6.61 Å². The third-order valence-corrected chi connectivity index (χ3v) is 2.49. The third-order valence-electron chi connectivity index (χ3n) is 2.49. The van der Waals surface area contributed by atoms with Crippen molar-refractivity contribution in [1.29, 1.82) is 0 Å². The minimum Gasteiger partial charge on any atom is -0.396 e. The van der Waals surface area contributed by atoms with Crippen LogP contribution < -0.4 is 5.73 Å². The number of nitrogens with two attached hydrogens (primary N) is 1. The summed E-state index contributed by atoms with van der Waals surface area (Å²) in [4.78, 5) is 0. The molecule has 1 atom stereocenters. The molecule has 1 aromatic carbocycles. The predicted octanol–water partition coefficient (Wildman–Crippen LogP) is 2.27. The van der Waals surface area contributed by atoms with E-state index in [9.17, 15) is 0 Å². The molecule has 0 fully saturated rings. The maximum Gasteiger partial charge on any atom is 0.0449 e. The highest BCUT2D eigenvalue weighted by molar-refractivity contribution is 5.25. The van der Waals surface area contributed by atoms with Crippen LogP contribution in [0.5, 0.6) is 0 Å². The van der Waals surface area contributed by atoms with E-state index in [4.69, 9.17) is 10.8 Å². The van der Waals surface area contributed by atoms with E-state index in [2.05, 4.69) is 38.1 Å². The first-order valence-electron chi connectivity index (χ1n) is 5.58. The van der Waals surface area contributed by atoms with Crippen molar-refractivity contribution in [3.63, 3.8) is 0 Å². The van der Waals surface area contributed by atoms with Crippen molar-refractivity contribution < 1.29 is 5.11 Å². The highest BCUT2D eigenvalue weighted by atomic mass is 16.3. The average molecular weight is 207 g/mol. The molecule has 0 spiro atoms. The monoisotopic (exact) mass is 207 g/mol. The molecule has 0 saturated carbocycles. The Labute approximate surface area is 92.1 Å². The topological polar surface area (TPSA) is 46.2 Å². The second-order valence-corrected chi connectivity index (χ2v) is 4.46. The van der Waals surface area contributed by atoms with Gasteiger partial charge in [-0.1, -0.05) is 38.1 Å². The molecule has 1 aromatic rings. The quantitative estimate of drug-likeness (QED) is 0.778. The summed E-state index contributed by atoms with van der Waals surface area (Å²) in [6.07, 6.45) is 1.74. The van der Waals surface area contributed by atoms with Crippen molar-refractivity contribution in [3.8, 4) is 0 Å². The lowest BCUT2D eigenvalue weighted by atomic mass is 9.99. The lowest BCUT2D eigenvalue weighted by molar-refractivity contribution is 0.276. The molecule has 0 heterocycles. The molecule has 15 heavy (non-hydrogen) atoms. The second-order valence-electron chi connectivity index (χ2n) is 4.46. The molecule has 0 bridgehead atoms. The van der Waals surface area contributed by atoms with Crippen LogP contribution >= 0.6 is 0 Å². The van der Waals surface area contributed by atoms with E-state index < -0.39 is 0 Å². The maximum absolute atomic E-state index is 8.79. The Morgan fingerprint density at radius 2 is 1.80 bits per heavy atom. The number of hydrogen-bond donors (Lipinski definition) is 2. The van der Waals surface area contributed by atoms with Crippen LogP contribution in [-0.4, -0.2) is 11.7 Å². The zero-order valence-electron chi connectivity index (χ0n) is 9.61. The van der Waals surface area contributed by atoms with Crippen LogP contribution in [0.25, 0.3) is 0 Å². The molecular weight excluding hydrogens is 186 g/mol. The van der Waals surface area contributed by atoms with E-state index in [1.807, 2.05) is 0 Å². The molecule has 0 aliphatic carbocycles. The molecule has 2 nitrogen and oxygen atoms in total. The van der Waals surface area contributed by atoms with Crippen molar-refractivity contribution >= 4 is 0 Å². The van der Waals surface area contributed by atoms with Crippen molar-refractivity contribution in [3.05, 3.63) is 35.4 Å². The average Bonchev–Trinajstić information content (AvgIpc) is 2.18. The molecule has 1 rings (SSSR count). The molecule has 3 N–H and O–H groups in total. The fourth-order valence-electron chi connectivity index (χ4n) is 1.68. The first-order chi connectivity index (χ1) is 7.13. The summed E-state index contributed by atoms with van der Waals surface area (Å²) >= 11 is 0. The Hall–Kier alpha value is -0.860. The van der Waals surface area contributed by atoms with Gasteiger partial charge in [-0.2, -0.15) is 0 Å². The first kappa shape index (κ1) is 12.2. The fraction of sp³-hybridized carbons (Fsp3) is 0.538. The van der Waals surface area contributed by atoms with E-state index >= 15 is 0 Å². The van der Waals surface area contributed by atoms with E-state index in [1.54, 1.807) is 0 Å². The zero-order valence-corrected chi connectivity index (χ0v) is 9.61. The Morgan fingerprint density at radius 3 is 2.27 bits per heavy atom. The molecule has 0 unspecified atom stereocenters. The van der Waals surface area contributed by atoms with E-state index in [0.29, 0.717) is 12.3 Å². The minimum absolute atomic E-state index is 0.0388. The maximum atomic E-state index is 8.79. The summed E-state index contributed by atoms with van der Waals surface area (Å²) in [5, 5.41) is 8.79. The van der Waals surface area contributed by atoms with Crippen LogP contribution in [-0.2, 0) is 6.42 Å². The highest BCUT2D eigenvalue weighted by Gasteiger charge is 2.05. The van der Waals surface area contributed by atoms with Crippen LogP contribution in [0.2, 0.25) is 0 Å². The van der Waals surface area contributed by atoms with Gasteiger partial charge in [0.25, 0.3) is 0 Å². The first-order valence-corrected chi connectivity index (χ1v) is 5.58. The standard InChI is InChI=1S/C13H21NO/c1-10(2)9-11-3-5-12(6-4-11)13(14)7-8-15/h3-6,10,13,15H,7-9,14H2,1-2H3/t13-/m1/s1. The summed E-state index contributed by atoms with van der Waals surface area (Å²) in [5.74, 6) is 0.682. The minimum atomic E-state index is -0.0388. The Balaban J connectivity index is 2.63. The van der Waals surface area contributed by atoms with Crippen LogP contribution in [0.15, 0.2) is 24.3 Å². The van der Waals surface area contributed by atoms with Gasteiger partial charge in [-0.15, -0.1) is 0 Å². The van der Waals surface area contributed by atoms with Gasteiger partial charge in [0, 0.05) is 12.6 Å². The Morgan fingerprint density at radius 1 is 1.20 bits per heavy atom. The van der Waals surface area contributed by atoms with Crippen molar-refractivity contribution in [2.24, 2.45) is 11.7 Å². The number of rotatable bonds is 5. The van der Waals surface area contributed by atoms with Crippen LogP contribution in [0.1, 0.15) is 37.4 Å². The predicted molar refractivity (Wildman–Crippen MR) is 63.6 cm³/mol. The molecule has 2 heteroatoms. The summed E-state index contributed by atoms with van der Waals surface area (Å²) in [7, 11) is 0. The lowest BCUT2D eigenvalue weighted by Crippen LogP contribution is -2.11. The summed E-state index contributed by atoms with van der Waals surface area (Å²) < 4.78 is 0.